The van der Waals surface area contributed by atoms with E-state index in [2.05, 4.69) is 16.4 Å². The molecule has 0 bridgehead atoms. The monoisotopic (exact) mass is 341 g/mol. The first-order valence-electron chi connectivity index (χ1n) is 7.03. The molecular weight excluding hydrogens is 326 g/mol. The van der Waals surface area contributed by atoms with Crippen molar-refractivity contribution in [3.63, 3.8) is 0 Å². The molecule has 0 amide bonds. The van der Waals surface area contributed by atoms with Crippen molar-refractivity contribution in [3.8, 4) is 17.6 Å². The summed E-state index contributed by atoms with van der Waals surface area (Å²) in [6, 6.07) is 15.3. The van der Waals surface area contributed by atoms with Crippen molar-refractivity contribution < 1.29 is 9.47 Å². The number of hydrogen-bond donors (Lipinski definition) is 1. The van der Waals surface area contributed by atoms with Crippen molar-refractivity contribution in [2.75, 3.05) is 19.5 Å². The SMILES string of the molecule is COc1ccc(Nc2c(C#N)cnc3ccc(OC)cc23)cc1.Cl. The zero-order chi connectivity index (χ0) is 16.2. The van der Waals surface area contributed by atoms with Crippen LogP contribution in [-0.4, -0.2) is 19.2 Å². The van der Waals surface area contributed by atoms with Crippen LogP contribution in [0.15, 0.2) is 48.7 Å². The fourth-order valence-corrected chi connectivity index (χ4v) is 2.34. The largest absolute Gasteiger partial charge is 0.497 e. The van der Waals surface area contributed by atoms with E-state index in [4.69, 9.17) is 9.47 Å². The third kappa shape index (κ3) is 3.34. The molecule has 3 aromatic rings. The Morgan fingerprint density at radius 2 is 1.67 bits per heavy atom. The van der Waals surface area contributed by atoms with Crippen molar-refractivity contribution in [1.29, 1.82) is 5.26 Å². The molecule has 0 radical (unpaired) electrons. The lowest BCUT2D eigenvalue weighted by atomic mass is 10.1. The van der Waals surface area contributed by atoms with Gasteiger partial charge >= 0.3 is 0 Å². The van der Waals surface area contributed by atoms with Crippen LogP contribution in [0.25, 0.3) is 10.9 Å². The highest BCUT2D eigenvalue weighted by atomic mass is 35.5. The average molecular weight is 342 g/mol. The molecule has 5 nitrogen and oxygen atoms in total. The van der Waals surface area contributed by atoms with E-state index in [0.717, 1.165) is 22.3 Å². The van der Waals surface area contributed by atoms with Gasteiger partial charge in [-0.05, 0) is 42.5 Å². The van der Waals surface area contributed by atoms with Crippen LogP contribution in [-0.2, 0) is 0 Å². The lowest BCUT2D eigenvalue weighted by Gasteiger charge is -2.12. The summed E-state index contributed by atoms with van der Waals surface area (Å²) < 4.78 is 10.4. The minimum atomic E-state index is 0. The van der Waals surface area contributed by atoms with Gasteiger partial charge in [0.1, 0.15) is 17.6 Å². The molecule has 3 rings (SSSR count). The van der Waals surface area contributed by atoms with E-state index in [-0.39, 0.29) is 12.4 Å². The van der Waals surface area contributed by atoms with Crippen LogP contribution in [0.1, 0.15) is 5.56 Å². The Morgan fingerprint density at radius 1 is 1.00 bits per heavy atom. The van der Waals surface area contributed by atoms with E-state index < -0.39 is 0 Å². The maximum atomic E-state index is 9.38. The Labute approximate surface area is 146 Å². The van der Waals surface area contributed by atoms with E-state index in [1.807, 2.05) is 42.5 Å². The van der Waals surface area contributed by atoms with Crippen LogP contribution in [0.3, 0.4) is 0 Å². The number of methoxy groups -OCH3 is 2. The van der Waals surface area contributed by atoms with Crippen LogP contribution in [0.5, 0.6) is 11.5 Å². The number of halogens is 1. The summed E-state index contributed by atoms with van der Waals surface area (Å²) in [4.78, 5) is 4.32. The van der Waals surface area contributed by atoms with E-state index in [1.54, 1.807) is 20.4 Å². The van der Waals surface area contributed by atoms with E-state index in [9.17, 15) is 5.26 Å². The molecule has 1 heterocycles. The summed E-state index contributed by atoms with van der Waals surface area (Å²) in [6.07, 6.45) is 1.57. The van der Waals surface area contributed by atoms with Crippen molar-refractivity contribution in [1.82, 2.24) is 4.98 Å². The van der Waals surface area contributed by atoms with Gasteiger partial charge in [0.15, 0.2) is 0 Å². The average Bonchev–Trinajstić information content (AvgIpc) is 2.62. The normalized spacial score (nSPS) is 9.71. The first-order valence-corrected chi connectivity index (χ1v) is 7.03. The quantitative estimate of drug-likeness (QED) is 0.766. The molecule has 1 aromatic heterocycles. The summed E-state index contributed by atoms with van der Waals surface area (Å²) in [6.45, 7) is 0. The molecule has 1 N–H and O–H groups in total. The highest BCUT2D eigenvalue weighted by Gasteiger charge is 2.10. The lowest BCUT2D eigenvalue weighted by molar-refractivity contribution is 0.415. The van der Waals surface area contributed by atoms with Gasteiger partial charge in [0.05, 0.1) is 31.0 Å². The Kier molecular flexibility index (Phi) is 5.46. The van der Waals surface area contributed by atoms with Crippen LogP contribution >= 0.6 is 12.4 Å². The third-order valence-corrected chi connectivity index (χ3v) is 3.55. The second-order valence-corrected chi connectivity index (χ2v) is 4.90. The minimum absolute atomic E-state index is 0. The molecule has 0 saturated carbocycles. The second kappa shape index (κ2) is 7.53. The van der Waals surface area contributed by atoms with E-state index in [1.165, 1.54) is 0 Å². The molecule has 0 aliphatic carbocycles. The predicted molar refractivity (Wildman–Crippen MR) is 96.5 cm³/mol. The number of rotatable bonds is 4. The third-order valence-electron chi connectivity index (χ3n) is 3.55. The summed E-state index contributed by atoms with van der Waals surface area (Å²) in [7, 11) is 3.23. The fourth-order valence-electron chi connectivity index (χ4n) is 2.34. The molecule has 122 valence electrons. The molecule has 0 atom stereocenters. The number of benzene rings is 2. The lowest BCUT2D eigenvalue weighted by Crippen LogP contribution is -1.97. The number of pyridine rings is 1. The molecule has 0 saturated heterocycles. The van der Waals surface area contributed by atoms with Gasteiger partial charge in [-0.2, -0.15) is 5.26 Å². The second-order valence-electron chi connectivity index (χ2n) is 4.90. The number of fused-ring (bicyclic) bond motifs is 1. The van der Waals surface area contributed by atoms with Crippen molar-refractivity contribution in [3.05, 3.63) is 54.2 Å². The number of ether oxygens (including phenoxy) is 2. The zero-order valence-electron chi connectivity index (χ0n) is 13.2. The summed E-state index contributed by atoms with van der Waals surface area (Å²) >= 11 is 0. The van der Waals surface area contributed by atoms with Crippen molar-refractivity contribution in [2.45, 2.75) is 0 Å². The van der Waals surface area contributed by atoms with Gasteiger partial charge in [-0.1, -0.05) is 0 Å². The van der Waals surface area contributed by atoms with Crippen LogP contribution < -0.4 is 14.8 Å². The van der Waals surface area contributed by atoms with Gasteiger partial charge < -0.3 is 14.8 Å². The highest BCUT2D eigenvalue weighted by Crippen LogP contribution is 2.31. The molecular formula is C18H16ClN3O2. The maximum absolute atomic E-state index is 9.38. The number of anilines is 2. The number of nitriles is 1. The van der Waals surface area contributed by atoms with Crippen molar-refractivity contribution >= 4 is 34.7 Å². The Morgan fingerprint density at radius 3 is 2.29 bits per heavy atom. The molecule has 0 unspecified atom stereocenters. The van der Waals surface area contributed by atoms with Gasteiger partial charge in [0.2, 0.25) is 0 Å². The van der Waals surface area contributed by atoms with Crippen LogP contribution in [0.4, 0.5) is 11.4 Å². The molecule has 0 spiro atoms. The Bertz CT molecular complexity index is 889. The molecule has 0 aliphatic rings. The van der Waals surface area contributed by atoms with E-state index >= 15 is 0 Å². The molecule has 0 fully saturated rings. The zero-order valence-corrected chi connectivity index (χ0v) is 14.1. The fraction of sp³-hybridized carbons (Fsp3) is 0.111. The first-order chi connectivity index (χ1) is 11.2. The summed E-state index contributed by atoms with van der Waals surface area (Å²) in [5, 5.41) is 13.5. The smallest absolute Gasteiger partial charge is 0.119 e. The summed E-state index contributed by atoms with van der Waals surface area (Å²) in [5.41, 5.74) is 2.83. The molecule has 24 heavy (non-hydrogen) atoms. The molecule has 0 aliphatic heterocycles. The summed E-state index contributed by atoms with van der Waals surface area (Å²) in [5.74, 6) is 1.49. The Hall–Kier alpha value is -2.97. The number of nitrogens with zero attached hydrogens (tertiary/aromatic N) is 2. The maximum Gasteiger partial charge on any atom is 0.119 e. The van der Waals surface area contributed by atoms with Crippen molar-refractivity contribution in [2.24, 2.45) is 0 Å². The highest BCUT2D eigenvalue weighted by molar-refractivity contribution is 5.96. The number of aromatic nitrogens is 1. The van der Waals surface area contributed by atoms with Crippen LogP contribution in [0, 0.1) is 11.3 Å². The number of hydrogen-bond acceptors (Lipinski definition) is 5. The van der Waals surface area contributed by atoms with Gasteiger partial charge in [-0.25, -0.2) is 0 Å². The number of nitrogens with one attached hydrogen (secondary N) is 1. The first kappa shape index (κ1) is 17.4. The van der Waals surface area contributed by atoms with Gasteiger partial charge in [-0.3, -0.25) is 4.98 Å². The standard InChI is InChI=1S/C18H15N3O2.ClH/c1-22-14-5-3-13(4-6-14)21-18-12(10-19)11-20-17-8-7-15(23-2)9-16(17)18;/h3-9,11H,1-2H3,(H,20,21);1H. The van der Waals surface area contributed by atoms with Crippen LogP contribution in [0.2, 0.25) is 0 Å². The minimum Gasteiger partial charge on any atom is -0.497 e. The predicted octanol–water partition coefficient (Wildman–Crippen LogP) is 4.29. The topological polar surface area (TPSA) is 67.2 Å². The molecule has 6 heteroatoms. The van der Waals surface area contributed by atoms with Gasteiger partial charge in [0, 0.05) is 17.3 Å². The van der Waals surface area contributed by atoms with E-state index in [0.29, 0.717) is 17.0 Å². The Balaban J connectivity index is 0.00000208. The van der Waals surface area contributed by atoms with Gasteiger partial charge in [0.25, 0.3) is 0 Å². The molecule has 2 aromatic carbocycles. The van der Waals surface area contributed by atoms with Gasteiger partial charge in [-0.15, -0.1) is 12.4 Å².